The lowest BCUT2D eigenvalue weighted by Crippen LogP contribution is -2.35. The van der Waals surface area contributed by atoms with Gasteiger partial charge in [-0.15, -0.1) is 11.8 Å². The van der Waals surface area contributed by atoms with E-state index in [1.54, 1.807) is 12.1 Å². The van der Waals surface area contributed by atoms with E-state index in [2.05, 4.69) is 20.1 Å². The molecule has 0 radical (unpaired) electrons. The van der Waals surface area contributed by atoms with Crippen molar-refractivity contribution in [3.63, 3.8) is 0 Å². The minimum atomic E-state index is -0.631. The molecule has 7 nitrogen and oxygen atoms in total. The highest BCUT2D eigenvalue weighted by atomic mass is 35.5. The smallest absolute Gasteiger partial charge is 0.337 e. The molecule has 29 heavy (non-hydrogen) atoms. The minimum absolute atomic E-state index is 0.0181. The van der Waals surface area contributed by atoms with Crippen molar-refractivity contribution in [3.8, 4) is 0 Å². The number of benzene rings is 2. The van der Waals surface area contributed by atoms with Crippen LogP contribution in [0.5, 0.6) is 0 Å². The van der Waals surface area contributed by atoms with E-state index in [1.165, 1.54) is 44.2 Å². The zero-order valence-corrected chi connectivity index (χ0v) is 17.9. The van der Waals surface area contributed by atoms with E-state index in [1.807, 2.05) is 12.1 Å². The van der Waals surface area contributed by atoms with Crippen LogP contribution in [-0.2, 0) is 14.3 Å². The first-order valence-electron chi connectivity index (χ1n) is 8.13. The maximum Gasteiger partial charge on any atom is 0.337 e. The van der Waals surface area contributed by atoms with E-state index in [9.17, 15) is 14.4 Å². The first-order valence-corrected chi connectivity index (χ1v) is 9.90. The summed E-state index contributed by atoms with van der Waals surface area (Å²) in [6.45, 7) is 0. The lowest BCUT2D eigenvalue weighted by Gasteiger charge is -2.12. The van der Waals surface area contributed by atoms with Gasteiger partial charge in [0, 0.05) is 15.6 Å². The van der Waals surface area contributed by atoms with Gasteiger partial charge in [0.25, 0.3) is 0 Å². The number of hydrogen-bond acceptors (Lipinski definition) is 7. The molecule has 2 aromatic rings. The van der Waals surface area contributed by atoms with Crippen molar-refractivity contribution in [3.05, 3.63) is 58.6 Å². The fourth-order valence-electron chi connectivity index (χ4n) is 2.18. The van der Waals surface area contributed by atoms with Crippen LogP contribution < -0.4 is 10.6 Å². The summed E-state index contributed by atoms with van der Waals surface area (Å²) in [4.78, 5) is 36.6. The van der Waals surface area contributed by atoms with Crippen LogP contribution in [0.3, 0.4) is 0 Å². The van der Waals surface area contributed by atoms with Crippen LogP contribution in [0.1, 0.15) is 20.7 Å². The third kappa shape index (κ3) is 7.04. The molecule has 0 bridgehead atoms. The number of rotatable bonds is 6. The number of esters is 2. The number of anilines is 1. The van der Waals surface area contributed by atoms with Crippen LogP contribution in [0, 0.1) is 0 Å². The second kappa shape index (κ2) is 10.8. The second-order valence-electron chi connectivity index (χ2n) is 5.53. The summed E-state index contributed by atoms with van der Waals surface area (Å²) in [5.41, 5.74) is 0.583. The zero-order valence-electron chi connectivity index (χ0n) is 15.5. The molecule has 0 saturated carbocycles. The normalized spacial score (nSPS) is 10.0. The van der Waals surface area contributed by atoms with Crippen molar-refractivity contribution in [1.29, 1.82) is 0 Å². The Kier molecular flexibility index (Phi) is 8.44. The van der Waals surface area contributed by atoms with Crippen LogP contribution in [0.4, 0.5) is 5.69 Å². The molecule has 0 heterocycles. The average molecular weight is 453 g/mol. The maximum absolute atomic E-state index is 12.1. The molecule has 0 fully saturated rings. The molecule has 0 unspecified atom stereocenters. The number of halogens is 1. The summed E-state index contributed by atoms with van der Waals surface area (Å²) in [7, 11) is 2.45. The van der Waals surface area contributed by atoms with Crippen molar-refractivity contribution < 1.29 is 23.9 Å². The molecule has 0 aliphatic heterocycles. The quantitative estimate of drug-likeness (QED) is 0.390. The number of carbonyl (C=O) groups excluding carboxylic acids is 3. The lowest BCUT2D eigenvalue weighted by molar-refractivity contribution is -0.117. The Balaban J connectivity index is 2.01. The number of ether oxygens (including phenoxy) is 2. The molecular formula is C19H17ClN2O5S2. The van der Waals surface area contributed by atoms with Crippen LogP contribution in [0.15, 0.2) is 47.4 Å². The molecule has 2 rings (SSSR count). The van der Waals surface area contributed by atoms with Crippen molar-refractivity contribution in [2.75, 3.05) is 25.3 Å². The Morgan fingerprint density at radius 1 is 1.00 bits per heavy atom. The summed E-state index contributed by atoms with van der Waals surface area (Å²) in [6.07, 6.45) is 0. The van der Waals surface area contributed by atoms with Crippen molar-refractivity contribution in [2.24, 2.45) is 0 Å². The third-order valence-corrected chi connectivity index (χ3v) is 4.94. The molecule has 2 aromatic carbocycles. The van der Waals surface area contributed by atoms with Gasteiger partial charge in [-0.1, -0.05) is 11.6 Å². The monoisotopic (exact) mass is 452 g/mol. The first kappa shape index (κ1) is 22.7. The van der Waals surface area contributed by atoms with Gasteiger partial charge in [0.1, 0.15) is 0 Å². The molecule has 0 aliphatic rings. The van der Waals surface area contributed by atoms with Gasteiger partial charge in [0.15, 0.2) is 5.11 Å². The summed E-state index contributed by atoms with van der Waals surface area (Å²) < 4.78 is 9.36. The Hall–Kier alpha value is -2.62. The predicted molar refractivity (Wildman–Crippen MR) is 116 cm³/mol. The highest BCUT2D eigenvalue weighted by Gasteiger charge is 2.15. The summed E-state index contributed by atoms with van der Waals surface area (Å²) in [5.74, 6) is -1.44. The Morgan fingerprint density at radius 3 is 2.07 bits per heavy atom. The number of amides is 1. The third-order valence-electron chi connectivity index (χ3n) is 3.47. The number of thiocarbonyl (C=S) groups is 1. The number of nitrogens with one attached hydrogen (secondary N) is 2. The zero-order chi connectivity index (χ0) is 21.4. The average Bonchev–Trinajstić information content (AvgIpc) is 2.71. The summed E-state index contributed by atoms with van der Waals surface area (Å²) >= 11 is 12.3. The van der Waals surface area contributed by atoms with Gasteiger partial charge < -0.3 is 20.1 Å². The van der Waals surface area contributed by atoms with E-state index >= 15 is 0 Å². The highest BCUT2D eigenvalue weighted by Crippen LogP contribution is 2.20. The van der Waals surface area contributed by atoms with E-state index in [0.29, 0.717) is 10.7 Å². The van der Waals surface area contributed by atoms with Gasteiger partial charge in [0.05, 0.1) is 31.1 Å². The van der Waals surface area contributed by atoms with Gasteiger partial charge >= 0.3 is 11.9 Å². The van der Waals surface area contributed by atoms with Crippen molar-refractivity contribution >= 4 is 64.2 Å². The minimum Gasteiger partial charge on any atom is -0.465 e. The molecule has 0 aromatic heterocycles. The van der Waals surface area contributed by atoms with E-state index in [0.717, 1.165) is 4.90 Å². The summed E-state index contributed by atoms with van der Waals surface area (Å²) in [5, 5.41) is 5.95. The molecule has 0 saturated heterocycles. The molecule has 0 atom stereocenters. The largest absolute Gasteiger partial charge is 0.465 e. The fourth-order valence-corrected chi connectivity index (χ4v) is 3.23. The van der Waals surface area contributed by atoms with Gasteiger partial charge in [-0.05, 0) is 54.7 Å². The van der Waals surface area contributed by atoms with Gasteiger partial charge in [-0.2, -0.15) is 0 Å². The van der Waals surface area contributed by atoms with Crippen LogP contribution in [0.25, 0.3) is 0 Å². The number of thioether (sulfide) groups is 1. The first-order chi connectivity index (χ1) is 13.8. The number of methoxy groups -OCH3 is 2. The van der Waals surface area contributed by atoms with Crippen molar-refractivity contribution in [1.82, 2.24) is 5.32 Å². The molecule has 10 heteroatoms. The maximum atomic E-state index is 12.1. The highest BCUT2D eigenvalue weighted by molar-refractivity contribution is 8.00. The molecule has 0 aliphatic carbocycles. The van der Waals surface area contributed by atoms with Gasteiger partial charge in [-0.3, -0.25) is 4.79 Å². The number of hydrogen-bond donors (Lipinski definition) is 2. The Labute approximate surface area is 182 Å². The molecule has 0 spiro atoms. The fraction of sp³-hybridized carbons (Fsp3) is 0.158. The Bertz CT molecular complexity index is 900. The SMILES string of the molecule is COC(=O)c1cc(NC(=S)NC(=O)CSc2ccc(Cl)cc2)cc(C(=O)OC)c1. The predicted octanol–water partition coefficient (Wildman–Crippen LogP) is 3.52. The topological polar surface area (TPSA) is 93.7 Å². The number of carbonyl (C=O) groups is 3. The van der Waals surface area contributed by atoms with E-state index < -0.39 is 11.9 Å². The lowest BCUT2D eigenvalue weighted by atomic mass is 10.1. The molecular weight excluding hydrogens is 436 g/mol. The molecule has 152 valence electrons. The molecule has 1 amide bonds. The van der Waals surface area contributed by atoms with Crippen LogP contribution in [-0.4, -0.2) is 42.9 Å². The van der Waals surface area contributed by atoms with E-state index in [-0.39, 0.29) is 27.9 Å². The standard InChI is InChI=1S/C19H17ClN2O5S2/c1-26-17(24)11-7-12(18(25)27-2)9-14(8-11)21-19(28)22-16(23)10-29-15-5-3-13(20)4-6-15/h3-9H,10H2,1-2H3,(H2,21,22,23,28). The van der Waals surface area contributed by atoms with Gasteiger partial charge in [0.2, 0.25) is 5.91 Å². The summed E-state index contributed by atoms with van der Waals surface area (Å²) in [6, 6.07) is 11.3. The molecule has 2 N–H and O–H groups in total. The van der Waals surface area contributed by atoms with Crippen LogP contribution in [0.2, 0.25) is 5.02 Å². The second-order valence-corrected chi connectivity index (χ2v) is 7.42. The van der Waals surface area contributed by atoms with Crippen LogP contribution >= 0.6 is 35.6 Å². The van der Waals surface area contributed by atoms with Crippen molar-refractivity contribution in [2.45, 2.75) is 4.90 Å². The Morgan fingerprint density at radius 2 is 1.55 bits per heavy atom. The van der Waals surface area contributed by atoms with E-state index in [4.69, 9.17) is 23.8 Å². The van der Waals surface area contributed by atoms with Gasteiger partial charge in [-0.25, -0.2) is 9.59 Å².